The zero-order valence-corrected chi connectivity index (χ0v) is 8.89. The van der Waals surface area contributed by atoms with Gasteiger partial charge in [0.25, 0.3) is 5.91 Å². The first-order valence-corrected chi connectivity index (χ1v) is 4.69. The Balaban J connectivity index is 2.09. The number of aromatic nitrogens is 5. The number of nitrogens with one attached hydrogen (secondary N) is 2. The highest BCUT2D eigenvalue weighted by Crippen LogP contribution is 2.06. The van der Waals surface area contributed by atoms with Crippen molar-refractivity contribution in [2.75, 3.05) is 5.32 Å². The number of nitrogens with zero attached hydrogens (tertiary/aromatic N) is 4. The highest BCUT2D eigenvalue weighted by molar-refractivity contribution is 9.10. The molecule has 7 nitrogen and oxygen atoms in total. The van der Waals surface area contributed by atoms with Crippen LogP contribution in [0.2, 0.25) is 0 Å². The normalized spacial score (nSPS) is 9.93. The van der Waals surface area contributed by atoms with Gasteiger partial charge in [-0.25, -0.2) is 15.0 Å². The number of carbonyl (C=O) groups is 1. The fraction of sp³-hybridized carbons (Fsp3) is 0. The van der Waals surface area contributed by atoms with Crippen LogP contribution in [0.4, 0.5) is 5.82 Å². The molecule has 0 aliphatic heterocycles. The Kier molecular flexibility index (Phi) is 2.68. The van der Waals surface area contributed by atoms with Gasteiger partial charge in [-0.2, -0.15) is 5.10 Å². The van der Waals surface area contributed by atoms with Gasteiger partial charge in [-0.15, -0.1) is 0 Å². The van der Waals surface area contributed by atoms with Crippen molar-refractivity contribution in [1.82, 2.24) is 25.1 Å². The van der Waals surface area contributed by atoms with Gasteiger partial charge >= 0.3 is 0 Å². The van der Waals surface area contributed by atoms with Crippen molar-refractivity contribution in [3.63, 3.8) is 0 Å². The van der Waals surface area contributed by atoms with Crippen LogP contribution in [0.25, 0.3) is 0 Å². The van der Waals surface area contributed by atoms with E-state index in [2.05, 4.69) is 46.4 Å². The van der Waals surface area contributed by atoms with Gasteiger partial charge in [-0.1, -0.05) is 0 Å². The van der Waals surface area contributed by atoms with Crippen LogP contribution in [-0.4, -0.2) is 31.1 Å². The summed E-state index contributed by atoms with van der Waals surface area (Å²) < 4.78 is 0.597. The predicted octanol–water partition coefficient (Wildman–Crippen LogP) is 0.609. The lowest BCUT2D eigenvalue weighted by Gasteiger charge is -2.00. The minimum atomic E-state index is -0.413. The van der Waals surface area contributed by atoms with E-state index in [0.29, 0.717) is 10.4 Å². The Morgan fingerprint density at radius 1 is 1.33 bits per heavy atom. The van der Waals surface area contributed by atoms with Crippen LogP contribution in [0.5, 0.6) is 0 Å². The number of aromatic amines is 1. The molecule has 76 valence electrons. The lowest BCUT2D eigenvalue weighted by Crippen LogP contribution is -2.14. The third-order valence-corrected chi connectivity index (χ3v) is 1.90. The van der Waals surface area contributed by atoms with Crippen molar-refractivity contribution in [3.8, 4) is 0 Å². The van der Waals surface area contributed by atoms with E-state index in [1.54, 1.807) is 0 Å². The Bertz CT molecular complexity index is 453. The molecule has 15 heavy (non-hydrogen) atoms. The summed E-state index contributed by atoms with van der Waals surface area (Å²) in [6, 6.07) is 0. The quantitative estimate of drug-likeness (QED) is 0.832. The zero-order valence-electron chi connectivity index (χ0n) is 7.31. The van der Waals surface area contributed by atoms with Crippen molar-refractivity contribution in [3.05, 3.63) is 29.1 Å². The molecule has 2 aromatic rings. The van der Waals surface area contributed by atoms with Crippen LogP contribution < -0.4 is 5.32 Å². The molecule has 8 heteroatoms. The summed E-state index contributed by atoms with van der Waals surface area (Å²) in [4.78, 5) is 23.0. The maximum absolute atomic E-state index is 11.4. The fourth-order valence-corrected chi connectivity index (χ4v) is 1.07. The summed E-state index contributed by atoms with van der Waals surface area (Å²) >= 11 is 3.14. The predicted molar refractivity (Wildman–Crippen MR) is 54.1 cm³/mol. The summed E-state index contributed by atoms with van der Waals surface area (Å²) in [6.45, 7) is 0. The van der Waals surface area contributed by atoms with Crippen LogP contribution in [0.3, 0.4) is 0 Å². The lowest BCUT2D eigenvalue weighted by molar-refractivity contribution is 0.101. The first-order chi connectivity index (χ1) is 7.25. The topological polar surface area (TPSA) is 96.5 Å². The van der Waals surface area contributed by atoms with Gasteiger partial charge < -0.3 is 5.32 Å². The first-order valence-electron chi connectivity index (χ1n) is 3.90. The standard InChI is InChI=1S/C7H5BrN6O/c8-4-1-10-5(2-9-4)13-7(15)6-11-3-12-14-6/h1-3H,(H,10,13,15)(H,11,12,14). The van der Waals surface area contributed by atoms with Crippen molar-refractivity contribution in [2.45, 2.75) is 0 Å². The zero-order chi connectivity index (χ0) is 10.7. The molecule has 2 aromatic heterocycles. The van der Waals surface area contributed by atoms with Crippen molar-refractivity contribution in [1.29, 1.82) is 0 Å². The second-order valence-corrected chi connectivity index (χ2v) is 3.33. The second kappa shape index (κ2) is 4.13. The molecule has 0 aromatic carbocycles. The Morgan fingerprint density at radius 2 is 2.20 bits per heavy atom. The molecule has 0 aliphatic rings. The largest absolute Gasteiger partial charge is 0.303 e. The maximum Gasteiger partial charge on any atom is 0.294 e. The van der Waals surface area contributed by atoms with E-state index < -0.39 is 5.91 Å². The van der Waals surface area contributed by atoms with Crippen LogP contribution in [0, 0.1) is 0 Å². The molecule has 0 fully saturated rings. The summed E-state index contributed by atoms with van der Waals surface area (Å²) in [6.07, 6.45) is 4.16. The Labute approximate surface area is 92.5 Å². The van der Waals surface area contributed by atoms with Crippen molar-refractivity contribution in [2.24, 2.45) is 0 Å². The molecule has 0 aliphatic carbocycles. The molecular formula is C7H5BrN6O. The number of hydrogen-bond donors (Lipinski definition) is 2. The maximum atomic E-state index is 11.4. The monoisotopic (exact) mass is 268 g/mol. The average molecular weight is 269 g/mol. The molecule has 0 unspecified atom stereocenters. The Hall–Kier alpha value is -1.83. The molecule has 0 saturated carbocycles. The fourth-order valence-electron chi connectivity index (χ4n) is 0.867. The lowest BCUT2D eigenvalue weighted by atomic mass is 10.5. The first kappa shape index (κ1) is 9.71. The summed E-state index contributed by atoms with van der Waals surface area (Å²) in [5.74, 6) is 0.0587. The number of carbonyl (C=O) groups excluding carboxylic acids is 1. The molecular weight excluding hydrogens is 264 g/mol. The summed E-state index contributed by atoms with van der Waals surface area (Å²) in [5, 5.41) is 8.50. The third-order valence-electron chi connectivity index (χ3n) is 1.49. The van der Waals surface area contributed by atoms with Gasteiger partial charge in [-0.05, 0) is 15.9 Å². The third kappa shape index (κ3) is 2.34. The number of H-pyrrole nitrogens is 1. The highest BCUT2D eigenvalue weighted by atomic mass is 79.9. The molecule has 0 radical (unpaired) electrons. The molecule has 2 heterocycles. The van der Waals surface area contributed by atoms with Gasteiger partial charge in [-0.3, -0.25) is 9.89 Å². The van der Waals surface area contributed by atoms with Gasteiger partial charge in [0.1, 0.15) is 10.9 Å². The SMILES string of the molecule is O=C(Nc1cnc(Br)cn1)c1ncn[nH]1. The molecule has 2 rings (SSSR count). The van der Waals surface area contributed by atoms with Gasteiger partial charge in [0.15, 0.2) is 5.82 Å². The summed E-state index contributed by atoms with van der Waals surface area (Å²) in [5.41, 5.74) is 0. The van der Waals surface area contributed by atoms with Gasteiger partial charge in [0.2, 0.25) is 5.82 Å². The Morgan fingerprint density at radius 3 is 2.80 bits per heavy atom. The average Bonchev–Trinajstić information content (AvgIpc) is 2.74. The van der Waals surface area contributed by atoms with Crippen molar-refractivity contribution >= 4 is 27.7 Å². The van der Waals surface area contributed by atoms with E-state index >= 15 is 0 Å². The molecule has 1 amide bonds. The number of anilines is 1. The second-order valence-electron chi connectivity index (χ2n) is 2.51. The summed E-state index contributed by atoms with van der Waals surface area (Å²) in [7, 11) is 0. The van der Waals surface area contributed by atoms with Gasteiger partial charge in [0.05, 0.1) is 12.4 Å². The van der Waals surface area contributed by atoms with Crippen LogP contribution >= 0.6 is 15.9 Å². The smallest absolute Gasteiger partial charge is 0.294 e. The van der Waals surface area contributed by atoms with Gasteiger partial charge in [0, 0.05) is 0 Å². The van der Waals surface area contributed by atoms with E-state index in [4.69, 9.17) is 0 Å². The number of halogens is 1. The molecule has 0 spiro atoms. The minimum absolute atomic E-state index is 0.125. The van der Waals surface area contributed by atoms with E-state index in [9.17, 15) is 4.79 Å². The number of rotatable bonds is 2. The van der Waals surface area contributed by atoms with E-state index in [1.807, 2.05) is 0 Å². The molecule has 0 bridgehead atoms. The minimum Gasteiger partial charge on any atom is -0.303 e. The highest BCUT2D eigenvalue weighted by Gasteiger charge is 2.09. The number of amides is 1. The number of hydrogen-bond acceptors (Lipinski definition) is 5. The van der Waals surface area contributed by atoms with Crippen LogP contribution in [-0.2, 0) is 0 Å². The molecule has 0 atom stereocenters. The molecule has 0 saturated heterocycles. The molecule has 2 N–H and O–H groups in total. The van der Waals surface area contributed by atoms with Crippen LogP contribution in [0.1, 0.15) is 10.6 Å². The van der Waals surface area contributed by atoms with E-state index in [1.165, 1.54) is 18.7 Å². The van der Waals surface area contributed by atoms with Crippen LogP contribution in [0.15, 0.2) is 23.3 Å². The van der Waals surface area contributed by atoms with Crippen molar-refractivity contribution < 1.29 is 4.79 Å². The van der Waals surface area contributed by atoms with E-state index in [0.717, 1.165) is 0 Å². The van der Waals surface area contributed by atoms with E-state index in [-0.39, 0.29) is 5.82 Å².